The Hall–Kier alpha value is -1.45. The Bertz CT molecular complexity index is 332. The fourth-order valence-corrected chi connectivity index (χ4v) is 1.01. The predicted molar refractivity (Wildman–Crippen MR) is 38.5 cm³/mol. The lowest BCUT2D eigenvalue weighted by Crippen LogP contribution is -2.06. The van der Waals surface area contributed by atoms with E-state index in [0.29, 0.717) is 0 Å². The summed E-state index contributed by atoms with van der Waals surface area (Å²) in [6.07, 6.45) is 5.58. The second-order valence-electron chi connectivity index (χ2n) is 2.03. The molecule has 0 radical (unpaired) electrons. The van der Waals surface area contributed by atoms with Crippen molar-refractivity contribution < 1.29 is 0 Å². The van der Waals surface area contributed by atoms with Crippen LogP contribution in [-0.4, -0.2) is 21.3 Å². The molecule has 10 heavy (non-hydrogen) atoms. The Balaban J connectivity index is 2.76. The molecule has 0 aliphatic carbocycles. The minimum atomic E-state index is 1.04. The van der Waals surface area contributed by atoms with Crippen LogP contribution < -0.4 is 5.43 Å². The first-order valence-corrected chi connectivity index (χ1v) is 3.10. The van der Waals surface area contributed by atoms with Crippen molar-refractivity contribution in [2.24, 2.45) is 0 Å². The largest absolute Gasteiger partial charge is 0.328 e. The van der Waals surface area contributed by atoms with Crippen molar-refractivity contribution in [3.05, 3.63) is 24.7 Å². The maximum atomic E-state index is 4.04. The van der Waals surface area contributed by atoms with E-state index < -0.39 is 0 Å². The molecule has 0 fully saturated rings. The van der Waals surface area contributed by atoms with E-state index in [1.165, 1.54) is 0 Å². The zero-order valence-electron chi connectivity index (χ0n) is 5.65. The van der Waals surface area contributed by atoms with Crippen LogP contribution in [0.25, 0.3) is 5.65 Å². The van der Waals surface area contributed by atoms with Gasteiger partial charge in [0.25, 0.3) is 0 Å². The molecule has 0 spiro atoms. The highest BCUT2D eigenvalue weighted by atomic mass is 15.4. The van der Waals surface area contributed by atoms with Gasteiger partial charge in [0, 0.05) is 25.5 Å². The summed E-state index contributed by atoms with van der Waals surface area (Å²) in [7, 11) is 1.87. The molecule has 1 N–H and O–H groups in total. The summed E-state index contributed by atoms with van der Waals surface area (Å²) in [5.74, 6) is 0. The second kappa shape index (κ2) is 1.76. The maximum absolute atomic E-state index is 4.04. The topological polar surface area (TPSA) is 34.3 Å². The third kappa shape index (κ3) is 0.528. The zero-order chi connectivity index (χ0) is 6.97. The lowest BCUT2D eigenvalue weighted by atomic mass is 10.7. The van der Waals surface area contributed by atoms with Crippen LogP contribution in [0.1, 0.15) is 0 Å². The molecule has 0 aliphatic heterocycles. The van der Waals surface area contributed by atoms with Crippen molar-refractivity contribution in [3.8, 4) is 0 Å². The number of aromatic nitrogens is 3. The smallest absolute Gasteiger partial charge is 0.154 e. The van der Waals surface area contributed by atoms with E-state index in [1.807, 2.05) is 30.2 Å². The molecular formula is C6H8N4. The van der Waals surface area contributed by atoms with E-state index in [0.717, 1.165) is 5.65 Å². The predicted octanol–water partition coefficient (Wildman–Crippen LogP) is 0.309. The fourth-order valence-electron chi connectivity index (χ4n) is 1.01. The van der Waals surface area contributed by atoms with Gasteiger partial charge < -0.3 is 5.43 Å². The summed E-state index contributed by atoms with van der Waals surface area (Å²) >= 11 is 0. The van der Waals surface area contributed by atoms with Gasteiger partial charge in [0.2, 0.25) is 0 Å². The molecule has 0 aromatic carbocycles. The van der Waals surface area contributed by atoms with Crippen LogP contribution in [0.3, 0.4) is 0 Å². The van der Waals surface area contributed by atoms with E-state index in [-0.39, 0.29) is 0 Å². The Morgan fingerprint density at radius 3 is 3.20 bits per heavy atom. The molecule has 2 heterocycles. The third-order valence-electron chi connectivity index (χ3n) is 1.49. The first kappa shape index (κ1) is 5.34. The van der Waals surface area contributed by atoms with Gasteiger partial charge >= 0.3 is 0 Å². The molecule has 0 amide bonds. The molecule has 52 valence electrons. The first-order chi connectivity index (χ1) is 4.92. The van der Waals surface area contributed by atoms with Crippen LogP contribution in [0.15, 0.2) is 24.7 Å². The normalized spacial score (nSPS) is 10.5. The molecule has 4 heteroatoms. The monoisotopic (exact) mass is 136 g/mol. The molecule has 2 aromatic heterocycles. The number of nitrogens with one attached hydrogen (secondary N) is 1. The summed E-state index contributed by atoms with van der Waals surface area (Å²) in [5.41, 5.74) is 4.04. The molecule has 2 aromatic rings. The third-order valence-corrected chi connectivity index (χ3v) is 1.49. The average molecular weight is 136 g/mol. The Labute approximate surface area is 58.0 Å². The quantitative estimate of drug-likeness (QED) is 0.612. The van der Waals surface area contributed by atoms with Crippen LogP contribution in [0.5, 0.6) is 0 Å². The van der Waals surface area contributed by atoms with Crippen LogP contribution in [0, 0.1) is 0 Å². The maximum Gasteiger partial charge on any atom is 0.154 e. The Kier molecular flexibility index (Phi) is 0.943. The molecule has 0 bridgehead atoms. The minimum Gasteiger partial charge on any atom is -0.328 e. The van der Waals surface area contributed by atoms with E-state index in [9.17, 15) is 0 Å². The van der Waals surface area contributed by atoms with Crippen molar-refractivity contribution in [3.63, 3.8) is 0 Å². The molecule has 0 aliphatic rings. The van der Waals surface area contributed by atoms with Gasteiger partial charge in [0.15, 0.2) is 5.65 Å². The van der Waals surface area contributed by atoms with Crippen molar-refractivity contribution in [1.82, 2.24) is 14.3 Å². The summed E-state index contributed by atoms with van der Waals surface area (Å²) in [4.78, 5) is 0. The average Bonchev–Trinajstić information content (AvgIpc) is 2.44. The summed E-state index contributed by atoms with van der Waals surface area (Å²) in [5, 5.41) is 4.04. The van der Waals surface area contributed by atoms with Gasteiger partial charge in [0.1, 0.15) is 0 Å². The second-order valence-corrected chi connectivity index (χ2v) is 2.03. The van der Waals surface area contributed by atoms with Gasteiger partial charge in [-0.1, -0.05) is 0 Å². The fraction of sp³-hybridized carbons (Fsp3) is 0.167. The molecule has 4 nitrogen and oxygen atoms in total. The van der Waals surface area contributed by atoms with Crippen LogP contribution in [0.4, 0.5) is 0 Å². The van der Waals surface area contributed by atoms with Crippen LogP contribution >= 0.6 is 0 Å². The molecule has 0 saturated carbocycles. The summed E-state index contributed by atoms with van der Waals surface area (Å²) in [6, 6.07) is 1.94. The number of rotatable bonds is 1. The van der Waals surface area contributed by atoms with Crippen LogP contribution in [0.2, 0.25) is 0 Å². The van der Waals surface area contributed by atoms with Crippen molar-refractivity contribution in [2.45, 2.75) is 0 Å². The highest BCUT2D eigenvalue weighted by Crippen LogP contribution is 1.99. The van der Waals surface area contributed by atoms with Crippen molar-refractivity contribution >= 4 is 5.65 Å². The number of hydrogen-bond acceptors (Lipinski definition) is 2. The summed E-state index contributed by atoms with van der Waals surface area (Å²) < 4.78 is 3.70. The Morgan fingerprint density at radius 1 is 1.50 bits per heavy atom. The molecule has 2 rings (SSSR count). The van der Waals surface area contributed by atoms with Gasteiger partial charge in [0.05, 0.1) is 6.20 Å². The number of hydrogen-bond donors (Lipinski definition) is 1. The molecule has 0 atom stereocenters. The molecular weight excluding hydrogens is 128 g/mol. The van der Waals surface area contributed by atoms with E-state index in [4.69, 9.17) is 0 Å². The van der Waals surface area contributed by atoms with Gasteiger partial charge in [-0.25, -0.2) is 9.19 Å². The van der Waals surface area contributed by atoms with Crippen LogP contribution in [-0.2, 0) is 0 Å². The highest BCUT2D eigenvalue weighted by Gasteiger charge is 1.95. The Morgan fingerprint density at radius 2 is 2.40 bits per heavy atom. The number of imidazole rings is 1. The SMILES string of the molecule is CNn1ccn2nccc12. The van der Waals surface area contributed by atoms with E-state index in [1.54, 1.807) is 10.7 Å². The molecule has 0 unspecified atom stereocenters. The number of fused-ring (bicyclic) bond motifs is 1. The summed E-state index contributed by atoms with van der Waals surface area (Å²) in [6.45, 7) is 0. The van der Waals surface area contributed by atoms with E-state index >= 15 is 0 Å². The van der Waals surface area contributed by atoms with E-state index in [2.05, 4.69) is 10.5 Å². The minimum absolute atomic E-state index is 1.04. The van der Waals surface area contributed by atoms with Gasteiger partial charge in [-0.15, -0.1) is 0 Å². The number of nitrogens with zero attached hydrogens (tertiary/aromatic N) is 3. The van der Waals surface area contributed by atoms with Crippen molar-refractivity contribution in [1.29, 1.82) is 0 Å². The van der Waals surface area contributed by atoms with Gasteiger partial charge in [-0.05, 0) is 0 Å². The highest BCUT2D eigenvalue weighted by molar-refractivity contribution is 5.38. The lowest BCUT2D eigenvalue weighted by Gasteiger charge is -1.97. The molecule has 0 saturated heterocycles. The zero-order valence-corrected chi connectivity index (χ0v) is 5.65. The van der Waals surface area contributed by atoms with Gasteiger partial charge in [-0.3, -0.25) is 0 Å². The van der Waals surface area contributed by atoms with Gasteiger partial charge in [-0.2, -0.15) is 5.10 Å². The standard InChI is InChI=1S/C6H8N4/c1-7-9-4-5-10-6(9)2-3-8-10/h2-5,7H,1H3. The van der Waals surface area contributed by atoms with Crippen molar-refractivity contribution in [2.75, 3.05) is 12.5 Å². The first-order valence-electron chi connectivity index (χ1n) is 3.10. The lowest BCUT2D eigenvalue weighted by molar-refractivity contribution is 0.934.